The van der Waals surface area contributed by atoms with Crippen molar-refractivity contribution in [2.24, 2.45) is 17.8 Å². The monoisotopic (exact) mass is 443 g/mol. The summed E-state index contributed by atoms with van der Waals surface area (Å²) in [6.45, 7) is 2.16. The standard InChI is InChI=1S/C25H27Cl2NO2/c1-16-14-20(27)12-13-21(16)24-23(18-8-10-19(26)11-9-18)28(2)25(29)22(30-24)15-17-6-4-3-5-7-17/h3-8,10-14,16,18,21-24H,9,15H2,1-2H3/t16?,18?,21?,22-,23+,24-/m0/s1. The molecule has 4 rings (SSSR count). The molecule has 1 amide bonds. The average Bonchev–Trinajstić information content (AvgIpc) is 2.73. The maximum Gasteiger partial charge on any atom is 0.252 e. The van der Waals surface area contributed by atoms with E-state index in [-0.39, 0.29) is 35.8 Å². The molecular formula is C25H27Cl2NO2. The first kappa shape index (κ1) is 21.4. The second kappa shape index (κ2) is 9.13. The Balaban J connectivity index is 1.64. The quantitative estimate of drug-likeness (QED) is 0.617. The highest BCUT2D eigenvalue weighted by Crippen LogP contribution is 2.39. The van der Waals surface area contributed by atoms with Crippen LogP contribution in [-0.4, -0.2) is 36.1 Å². The van der Waals surface area contributed by atoms with Crippen molar-refractivity contribution in [3.05, 3.63) is 82.4 Å². The Bertz CT molecular complexity index is 905. The normalized spacial score (nSPS) is 34.0. The number of likely N-dealkylation sites (N-methyl/N-ethyl adjacent to an activating group) is 1. The van der Waals surface area contributed by atoms with Crippen LogP contribution in [0.5, 0.6) is 0 Å². The molecule has 0 spiro atoms. The van der Waals surface area contributed by atoms with Crippen LogP contribution in [0.1, 0.15) is 18.9 Å². The van der Waals surface area contributed by atoms with E-state index in [9.17, 15) is 4.79 Å². The summed E-state index contributed by atoms with van der Waals surface area (Å²) >= 11 is 12.4. The third kappa shape index (κ3) is 4.44. The number of nitrogens with zero attached hydrogens (tertiary/aromatic N) is 1. The van der Waals surface area contributed by atoms with E-state index >= 15 is 0 Å². The summed E-state index contributed by atoms with van der Waals surface area (Å²) in [6.07, 6.45) is 13.0. The van der Waals surface area contributed by atoms with E-state index in [1.807, 2.05) is 60.5 Å². The highest BCUT2D eigenvalue weighted by atomic mass is 35.5. The summed E-state index contributed by atoms with van der Waals surface area (Å²) in [5.74, 6) is 0.558. The number of carbonyl (C=O) groups excluding carboxylic acids is 1. The minimum atomic E-state index is -0.493. The molecule has 1 aromatic carbocycles. The van der Waals surface area contributed by atoms with Gasteiger partial charge in [-0.2, -0.15) is 0 Å². The minimum absolute atomic E-state index is 0.0372. The number of allylic oxidation sites excluding steroid dienone is 6. The minimum Gasteiger partial charge on any atom is -0.362 e. The number of morpholine rings is 1. The number of benzene rings is 1. The molecule has 3 aliphatic rings. The Labute approximate surface area is 188 Å². The van der Waals surface area contributed by atoms with Crippen LogP contribution in [0.25, 0.3) is 0 Å². The van der Waals surface area contributed by atoms with Crippen LogP contribution >= 0.6 is 23.2 Å². The molecule has 30 heavy (non-hydrogen) atoms. The molecule has 1 saturated heterocycles. The van der Waals surface area contributed by atoms with Gasteiger partial charge in [0.1, 0.15) is 6.10 Å². The zero-order chi connectivity index (χ0) is 21.3. The molecule has 3 unspecified atom stereocenters. The van der Waals surface area contributed by atoms with E-state index in [4.69, 9.17) is 27.9 Å². The molecule has 0 saturated carbocycles. The smallest absolute Gasteiger partial charge is 0.252 e. The molecule has 0 bridgehead atoms. The molecule has 0 aromatic heterocycles. The van der Waals surface area contributed by atoms with E-state index in [0.29, 0.717) is 6.42 Å². The average molecular weight is 444 g/mol. The summed E-state index contributed by atoms with van der Waals surface area (Å²) in [4.78, 5) is 15.2. The first-order valence-electron chi connectivity index (χ1n) is 10.5. The van der Waals surface area contributed by atoms with Crippen molar-refractivity contribution < 1.29 is 9.53 Å². The molecule has 6 atom stereocenters. The van der Waals surface area contributed by atoms with Crippen LogP contribution < -0.4 is 0 Å². The predicted octanol–water partition coefficient (Wildman–Crippen LogP) is 5.47. The second-order valence-electron chi connectivity index (χ2n) is 8.41. The molecule has 0 N–H and O–H groups in total. The second-order valence-corrected chi connectivity index (χ2v) is 9.29. The molecule has 158 valence electrons. The van der Waals surface area contributed by atoms with Gasteiger partial charge in [0, 0.05) is 35.4 Å². The lowest BCUT2D eigenvalue weighted by molar-refractivity contribution is -0.178. The number of rotatable bonds is 4. The topological polar surface area (TPSA) is 29.5 Å². The van der Waals surface area contributed by atoms with Gasteiger partial charge in [-0.25, -0.2) is 0 Å². The van der Waals surface area contributed by atoms with Crippen LogP contribution in [0.15, 0.2) is 76.9 Å². The fourth-order valence-corrected chi connectivity index (χ4v) is 5.24. The van der Waals surface area contributed by atoms with Crippen LogP contribution in [-0.2, 0) is 16.0 Å². The summed E-state index contributed by atoms with van der Waals surface area (Å²) < 4.78 is 6.61. The Morgan fingerprint density at radius 3 is 2.50 bits per heavy atom. The summed E-state index contributed by atoms with van der Waals surface area (Å²) in [5.41, 5.74) is 1.10. The summed E-state index contributed by atoms with van der Waals surface area (Å²) in [7, 11) is 1.91. The number of ether oxygens (including phenoxy) is 1. The van der Waals surface area contributed by atoms with Crippen LogP contribution in [0, 0.1) is 17.8 Å². The van der Waals surface area contributed by atoms with Gasteiger partial charge in [-0.15, -0.1) is 0 Å². The van der Waals surface area contributed by atoms with Gasteiger partial charge in [0.2, 0.25) is 0 Å². The van der Waals surface area contributed by atoms with Crippen LogP contribution in [0.2, 0.25) is 0 Å². The van der Waals surface area contributed by atoms with Gasteiger partial charge in [0.15, 0.2) is 0 Å². The Morgan fingerprint density at radius 1 is 1.10 bits per heavy atom. The molecule has 5 heteroatoms. The van der Waals surface area contributed by atoms with Crippen LogP contribution in [0.4, 0.5) is 0 Å². The van der Waals surface area contributed by atoms with E-state index < -0.39 is 6.10 Å². The third-order valence-electron chi connectivity index (χ3n) is 6.40. The maximum atomic E-state index is 13.3. The number of hydrogen-bond donors (Lipinski definition) is 0. The predicted molar refractivity (Wildman–Crippen MR) is 122 cm³/mol. The first-order chi connectivity index (χ1) is 14.4. The number of amides is 1. The Morgan fingerprint density at radius 2 is 1.83 bits per heavy atom. The molecule has 3 nitrogen and oxygen atoms in total. The molecule has 2 aliphatic carbocycles. The van der Waals surface area contributed by atoms with Gasteiger partial charge < -0.3 is 9.64 Å². The zero-order valence-electron chi connectivity index (χ0n) is 17.2. The van der Waals surface area contributed by atoms with E-state index in [1.165, 1.54) is 0 Å². The van der Waals surface area contributed by atoms with Crippen molar-refractivity contribution in [2.45, 2.75) is 38.0 Å². The van der Waals surface area contributed by atoms with Gasteiger partial charge in [-0.1, -0.05) is 84.8 Å². The largest absolute Gasteiger partial charge is 0.362 e. The number of carbonyl (C=O) groups is 1. The first-order valence-corrected chi connectivity index (χ1v) is 11.2. The van der Waals surface area contributed by atoms with Crippen molar-refractivity contribution in [2.75, 3.05) is 7.05 Å². The molecular weight excluding hydrogens is 417 g/mol. The van der Waals surface area contributed by atoms with Gasteiger partial charge >= 0.3 is 0 Å². The van der Waals surface area contributed by atoms with Crippen molar-refractivity contribution in [3.63, 3.8) is 0 Å². The third-order valence-corrected chi connectivity index (χ3v) is 6.94. The number of hydrogen-bond acceptors (Lipinski definition) is 2. The van der Waals surface area contributed by atoms with E-state index in [2.05, 4.69) is 25.2 Å². The van der Waals surface area contributed by atoms with E-state index in [1.54, 1.807) is 0 Å². The maximum absolute atomic E-state index is 13.3. The fourth-order valence-electron chi connectivity index (χ4n) is 4.80. The van der Waals surface area contributed by atoms with Gasteiger partial charge in [0.25, 0.3) is 5.91 Å². The fraction of sp³-hybridized carbons (Fsp3) is 0.400. The Kier molecular flexibility index (Phi) is 6.52. The molecule has 0 radical (unpaired) electrons. The van der Waals surface area contributed by atoms with E-state index in [0.717, 1.165) is 22.0 Å². The lowest BCUT2D eigenvalue weighted by Crippen LogP contribution is -2.62. The van der Waals surface area contributed by atoms with Crippen molar-refractivity contribution >= 4 is 29.1 Å². The summed E-state index contributed by atoms with van der Waals surface area (Å²) in [5, 5.41) is 1.50. The molecule has 1 heterocycles. The van der Waals surface area contributed by atoms with Gasteiger partial charge in [-0.05, 0) is 30.1 Å². The SMILES string of the molecule is CC1C=C(Cl)C=CC1[C@@H]1O[C@@H](Cc2ccccc2)C(=O)N(C)[C@@H]1C1C=CC(Cl)=CC1. The lowest BCUT2D eigenvalue weighted by atomic mass is 9.76. The highest BCUT2D eigenvalue weighted by Gasteiger charge is 2.47. The summed E-state index contributed by atoms with van der Waals surface area (Å²) in [6, 6.07) is 9.99. The molecule has 1 aliphatic heterocycles. The van der Waals surface area contributed by atoms with Crippen molar-refractivity contribution in [1.29, 1.82) is 0 Å². The zero-order valence-corrected chi connectivity index (χ0v) is 18.8. The Hall–Kier alpha value is -1.81. The molecule has 1 fully saturated rings. The lowest BCUT2D eigenvalue weighted by Gasteiger charge is -2.49. The number of halogens is 2. The van der Waals surface area contributed by atoms with Crippen LogP contribution in [0.3, 0.4) is 0 Å². The van der Waals surface area contributed by atoms with Crippen molar-refractivity contribution in [1.82, 2.24) is 4.90 Å². The highest BCUT2D eigenvalue weighted by molar-refractivity contribution is 6.31. The van der Waals surface area contributed by atoms with Gasteiger partial charge in [-0.3, -0.25) is 4.79 Å². The molecule has 1 aromatic rings. The van der Waals surface area contributed by atoms with Gasteiger partial charge in [0.05, 0.1) is 12.1 Å². The van der Waals surface area contributed by atoms with Crippen molar-refractivity contribution in [3.8, 4) is 0 Å².